The average Bonchev–Trinajstić information content (AvgIpc) is 3.46. The summed E-state index contributed by atoms with van der Waals surface area (Å²) in [4.78, 5) is 40.8. The summed E-state index contributed by atoms with van der Waals surface area (Å²) in [7, 11) is 0. The van der Waals surface area contributed by atoms with Crippen LogP contribution in [0, 0.1) is 12.7 Å². The Morgan fingerprint density at radius 2 is 1.97 bits per heavy atom. The number of ether oxygens (including phenoxy) is 1. The molecule has 9 nitrogen and oxygen atoms in total. The molecule has 0 aliphatic carbocycles. The molecule has 1 aromatic carbocycles. The molecular weight excluding hydrogens is 451 g/mol. The van der Waals surface area contributed by atoms with Crippen LogP contribution in [0.1, 0.15) is 44.6 Å². The number of ketones is 1. The van der Waals surface area contributed by atoms with E-state index in [9.17, 15) is 14.0 Å². The number of fused-ring (bicyclic) bond motifs is 3. The lowest BCUT2D eigenvalue weighted by Gasteiger charge is -2.25. The van der Waals surface area contributed by atoms with E-state index in [0.29, 0.717) is 36.0 Å². The van der Waals surface area contributed by atoms with E-state index < -0.39 is 5.82 Å². The largest absolute Gasteiger partial charge is 0.485 e. The van der Waals surface area contributed by atoms with Crippen LogP contribution in [0.25, 0.3) is 16.6 Å². The van der Waals surface area contributed by atoms with Crippen LogP contribution in [-0.2, 0) is 13.1 Å². The minimum Gasteiger partial charge on any atom is -0.485 e. The van der Waals surface area contributed by atoms with Crippen LogP contribution in [-0.4, -0.2) is 49.1 Å². The fourth-order valence-electron chi connectivity index (χ4n) is 4.75. The molecule has 3 aromatic heterocycles. The Morgan fingerprint density at radius 3 is 2.80 bits per heavy atom. The molecule has 1 amide bonds. The van der Waals surface area contributed by atoms with Crippen molar-refractivity contribution < 1.29 is 18.7 Å². The van der Waals surface area contributed by atoms with Crippen LogP contribution in [0.2, 0.25) is 0 Å². The van der Waals surface area contributed by atoms with Gasteiger partial charge in [-0.3, -0.25) is 19.0 Å². The number of hydrogen-bond acceptors (Lipinski definition) is 7. The Balaban J connectivity index is 1.47. The highest BCUT2D eigenvalue weighted by molar-refractivity contribution is 6.05. The number of hydrogen-bond donors (Lipinski definition) is 1. The first-order valence-electron chi connectivity index (χ1n) is 11.3. The number of carbonyl (C=O) groups is 2. The van der Waals surface area contributed by atoms with Crippen molar-refractivity contribution in [1.82, 2.24) is 24.3 Å². The molecule has 0 fully saturated rings. The van der Waals surface area contributed by atoms with Crippen molar-refractivity contribution >= 4 is 23.2 Å². The van der Waals surface area contributed by atoms with Gasteiger partial charge in [-0.05, 0) is 37.6 Å². The lowest BCUT2D eigenvalue weighted by molar-refractivity contribution is 0.0748. The number of anilines is 1. The van der Waals surface area contributed by atoms with E-state index in [-0.39, 0.29) is 36.0 Å². The molecule has 1 N–H and O–H groups in total. The zero-order valence-corrected chi connectivity index (χ0v) is 19.1. The Labute approximate surface area is 199 Å². The molecule has 0 radical (unpaired) electrons. The monoisotopic (exact) mass is 472 g/mol. The highest BCUT2D eigenvalue weighted by atomic mass is 19.1. The van der Waals surface area contributed by atoms with Gasteiger partial charge in [-0.2, -0.15) is 0 Å². The minimum atomic E-state index is -0.507. The van der Waals surface area contributed by atoms with Crippen LogP contribution in [0.5, 0.6) is 5.75 Å². The first-order chi connectivity index (χ1) is 17.0. The van der Waals surface area contributed by atoms with Crippen molar-refractivity contribution in [3.8, 4) is 16.9 Å². The van der Waals surface area contributed by atoms with Crippen molar-refractivity contribution in [3.63, 3.8) is 0 Å². The van der Waals surface area contributed by atoms with Gasteiger partial charge in [0, 0.05) is 54.4 Å². The first-order valence-corrected chi connectivity index (χ1v) is 11.3. The van der Waals surface area contributed by atoms with Crippen LogP contribution >= 0.6 is 0 Å². The molecule has 176 valence electrons. The summed E-state index contributed by atoms with van der Waals surface area (Å²) in [6.07, 6.45) is 5.00. The molecule has 2 aliphatic rings. The van der Waals surface area contributed by atoms with E-state index in [2.05, 4.69) is 20.3 Å². The van der Waals surface area contributed by atoms with Crippen LogP contribution < -0.4 is 10.1 Å². The predicted octanol–water partition coefficient (Wildman–Crippen LogP) is 3.40. The van der Waals surface area contributed by atoms with Crippen molar-refractivity contribution in [1.29, 1.82) is 0 Å². The molecule has 2 aliphatic heterocycles. The van der Waals surface area contributed by atoms with Gasteiger partial charge in [0.05, 0.1) is 11.1 Å². The van der Waals surface area contributed by atoms with Crippen LogP contribution in [0.4, 0.5) is 10.3 Å². The standard InChI is InChI=1S/C25H21FN6O3/c1-3-31-10-14-6-13(2)27-7-15(14)16-8-28-25(32-12-30-22(23(16)32)24(31)34)29-9-17-18(26)4-5-20-21(17)19(33)11-35-20/h4-8,12H,3,9-11H2,1-2H3,(H,28,29). The van der Waals surface area contributed by atoms with Crippen molar-refractivity contribution in [2.75, 3.05) is 18.5 Å². The SMILES string of the molecule is CCN1Cc2cc(C)ncc2-c2cnc(NCc3c(F)ccc4c3C(=O)CO4)n3cnc(c23)C1=O. The van der Waals surface area contributed by atoms with Crippen LogP contribution in [0.3, 0.4) is 0 Å². The Morgan fingerprint density at radius 1 is 1.14 bits per heavy atom. The summed E-state index contributed by atoms with van der Waals surface area (Å²) in [5.74, 6) is -0.209. The third-order valence-electron chi connectivity index (χ3n) is 6.49. The van der Waals surface area contributed by atoms with E-state index in [4.69, 9.17) is 4.74 Å². The Kier molecular flexibility index (Phi) is 4.77. The predicted molar refractivity (Wildman–Crippen MR) is 125 cm³/mol. The van der Waals surface area contributed by atoms with Crippen molar-refractivity contribution in [2.24, 2.45) is 0 Å². The second-order valence-corrected chi connectivity index (χ2v) is 8.57. The molecule has 0 spiro atoms. The molecular formula is C25H21FN6O3. The molecule has 0 saturated carbocycles. The third kappa shape index (κ3) is 3.24. The number of imidazole rings is 1. The molecule has 0 saturated heterocycles. The van der Waals surface area contributed by atoms with Gasteiger partial charge in [-0.15, -0.1) is 0 Å². The fourth-order valence-corrected chi connectivity index (χ4v) is 4.75. The van der Waals surface area contributed by atoms with Gasteiger partial charge in [-0.1, -0.05) is 0 Å². The number of amides is 1. The highest BCUT2D eigenvalue weighted by Gasteiger charge is 2.29. The first kappa shape index (κ1) is 21.2. The summed E-state index contributed by atoms with van der Waals surface area (Å²) in [5, 5.41) is 3.12. The van der Waals surface area contributed by atoms with Crippen LogP contribution in [0.15, 0.2) is 36.9 Å². The number of nitrogens with zero attached hydrogens (tertiary/aromatic N) is 5. The molecule has 10 heteroatoms. The lowest BCUT2D eigenvalue weighted by atomic mass is 9.98. The minimum absolute atomic E-state index is 0.00539. The van der Waals surface area contributed by atoms with E-state index in [0.717, 1.165) is 22.4 Å². The van der Waals surface area contributed by atoms with E-state index >= 15 is 0 Å². The molecule has 0 atom stereocenters. The van der Waals surface area contributed by atoms with Gasteiger partial charge in [0.25, 0.3) is 5.91 Å². The Bertz CT molecular complexity index is 1550. The van der Waals surface area contributed by atoms with Crippen molar-refractivity contribution in [2.45, 2.75) is 26.9 Å². The quantitative estimate of drug-likeness (QED) is 0.486. The Hall–Kier alpha value is -4.34. The number of rotatable bonds is 4. The number of aromatic nitrogens is 4. The fraction of sp³-hybridized carbons (Fsp3) is 0.240. The number of pyridine rings is 1. The number of halogens is 1. The van der Waals surface area contributed by atoms with Gasteiger partial charge in [0.2, 0.25) is 11.7 Å². The number of benzene rings is 1. The summed E-state index contributed by atoms with van der Waals surface area (Å²) >= 11 is 0. The number of aryl methyl sites for hydroxylation is 1. The van der Waals surface area contributed by atoms with Gasteiger partial charge in [0.15, 0.2) is 12.3 Å². The third-order valence-corrected chi connectivity index (χ3v) is 6.49. The second kappa shape index (κ2) is 7.86. The summed E-state index contributed by atoms with van der Waals surface area (Å²) in [6.45, 7) is 4.72. The molecule has 4 aromatic rings. The number of nitrogens with one attached hydrogen (secondary N) is 1. The maximum Gasteiger partial charge on any atom is 0.275 e. The smallest absolute Gasteiger partial charge is 0.275 e. The lowest BCUT2D eigenvalue weighted by Crippen LogP contribution is -2.32. The molecule has 5 heterocycles. The zero-order chi connectivity index (χ0) is 24.3. The van der Waals surface area contributed by atoms with E-state index in [1.54, 1.807) is 21.7 Å². The molecule has 35 heavy (non-hydrogen) atoms. The van der Waals surface area contributed by atoms with E-state index in [1.807, 2.05) is 19.9 Å². The van der Waals surface area contributed by atoms with Gasteiger partial charge in [-0.25, -0.2) is 14.4 Å². The second-order valence-electron chi connectivity index (χ2n) is 8.57. The summed E-state index contributed by atoms with van der Waals surface area (Å²) in [5.41, 5.74) is 4.82. The highest BCUT2D eigenvalue weighted by Crippen LogP contribution is 2.35. The topological polar surface area (TPSA) is 102 Å². The maximum absolute atomic E-state index is 14.7. The van der Waals surface area contributed by atoms with Crippen molar-refractivity contribution in [3.05, 3.63) is 70.8 Å². The molecule has 0 bridgehead atoms. The normalized spacial score (nSPS) is 14.4. The van der Waals surface area contributed by atoms with Gasteiger partial charge < -0.3 is 15.0 Å². The number of Topliss-reactive ketones (excluding diaryl/α,β-unsaturated/α-hetero) is 1. The van der Waals surface area contributed by atoms with E-state index in [1.165, 1.54) is 18.5 Å². The molecule has 0 unspecified atom stereocenters. The zero-order valence-electron chi connectivity index (χ0n) is 19.1. The molecule has 6 rings (SSSR count). The maximum atomic E-state index is 14.7. The van der Waals surface area contributed by atoms with Gasteiger partial charge in [0.1, 0.15) is 17.9 Å². The average molecular weight is 472 g/mol. The summed E-state index contributed by atoms with van der Waals surface area (Å²) < 4.78 is 21.7. The summed E-state index contributed by atoms with van der Waals surface area (Å²) in [6, 6.07) is 4.72. The number of carbonyl (C=O) groups excluding carboxylic acids is 2. The van der Waals surface area contributed by atoms with Gasteiger partial charge >= 0.3 is 0 Å².